The zero-order valence-electron chi connectivity index (χ0n) is 12.1. The van der Waals surface area contributed by atoms with Crippen LogP contribution in [0.1, 0.15) is 40.5 Å². The van der Waals surface area contributed by atoms with E-state index in [1.807, 2.05) is 11.9 Å². The van der Waals surface area contributed by atoms with E-state index in [1.54, 1.807) is 0 Å². The number of hydrogen-bond acceptors (Lipinski definition) is 2. The standard InChI is InChI=1S/C14H28N2O/c1-11(2)13-6-8-16(9-7-13)10-14(17)15(5)12(3)4/h11-13H,6-10H2,1-5H3. The smallest absolute Gasteiger partial charge is 0.236 e. The number of rotatable bonds is 4. The summed E-state index contributed by atoms with van der Waals surface area (Å²) in [5, 5.41) is 0. The fourth-order valence-corrected chi connectivity index (χ4v) is 2.37. The van der Waals surface area contributed by atoms with Gasteiger partial charge < -0.3 is 4.90 Å². The molecule has 0 aromatic heterocycles. The summed E-state index contributed by atoms with van der Waals surface area (Å²) in [7, 11) is 1.90. The molecule has 17 heavy (non-hydrogen) atoms. The van der Waals surface area contributed by atoms with Crippen molar-refractivity contribution in [2.75, 3.05) is 26.7 Å². The Morgan fingerprint density at radius 3 is 2.18 bits per heavy atom. The maximum Gasteiger partial charge on any atom is 0.236 e. The van der Waals surface area contributed by atoms with E-state index in [0.29, 0.717) is 12.6 Å². The van der Waals surface area contributed by atoms with Gasteiger partial charge in [-0.3, -0.25) is 9.69 Å². The van der Waals surface area contributed by atoms with Gasteiger partial charge in [0.1, 0.15) is 0 Å². The molecule has 1 rings (SSSR count). The van der Waals surface area contributed by atoms with Gasteiger partial charge in [0.25, 0.3) is 0 Å². The van der Waals surface area contributed by atoms with Gasteiger partial charge in [-0.1, -0.05) is 13.8 Å². The van der Waals surface area contributed by atoms with Gasteiger partial charge in [0.2, 0.25) is 5.91 Å². The van der Waals surface area contributed by atoms with Gasteiger partial charge >= 0.3 is 0 Å². The molecule has 0 aromatic carbocycles. The molecule has 0 spiro atoms. The average molecular weight is 240 g/mol. The van der Waals surface area contributed by atoms with E-state index in [2.05, 4.69) is 32.6 Å². The van der Waals surface area contributed by atoms with Gasteiger partial charge in [0, 0.05) is 13.1 Å². The Morgan fingerprint density at radius 1 is 1.24 bits per heavy atom. The highest BCUT2D eigenvalue weighted by Gasteiger charge is 2.23. The number of carbonyl (C=O) groups excluding carboxylic acids is 1. The second-order valence-corrected chi connectivity index (χ2v) is 5.96. The second-order valence-electron chi connectivity index (χ2n) is 5.96. The van der Waals surface area contributed by atoms with Gasteiger partial charge in [0.05, 0.1) is 6.54 Å². The number of hydrogen-bond donors (Lipinski definition) is 0. The molecule has 0 bridgehead atoms. The molecule has 0 atom stereocenters. The molecule has 1 aliphatic rings. The molecule has 0 unspecified atom stereocenters. The van der Waals surface area contributed by atoms with E-state index in [0.717, 1.165) is 24.9 Å². The second kappa shape index (κ2) is 6.39. The van der Waals surface area contributed by atoms with Crippen LogP contribution in [0.25, 0.3) is 0 Å². The summed E-state index contributed by atoms with van der Waals surface area (Å²) >= 11 is 0. The maximum absolute atomic E-state index is 12.0. The van der Waals surface area contributed by atoms with Crippen molar-refractivity contribution in [1.82, 2.24) is 9.80 Å². The molecular weight excluding hydrogens is 212 g/mol. The zero-order valence-corrected chi connectivity index (χ0v) is 12.1. The summed E-state index contributed by atoms with van der Waals surface area (Å²) in [6.45, 7) is 11.5. The summed E-state index contributed by atoms with van der Waals surface area (Å²) in [6.07, 6.45) is 2.49. The molecule has 100 valence electrons. The SMILES string of the molecule is CC(C)C1CCN(CC(=O)N(C)C(C)C)CC1. The minimum atomic E-state index is 0.253. The lowest BCUT2D eigenvalue weighted by Crippen LogP contribution is -2.44. The number of piperidine rings is 1. The van der Waals surface area contributed by atoms with Crippen LogP contribution in [0.15, 0.2) is 0 Å². The molecule has 0 N–H and O–H groups in total. The van der Waals surface area contributed by atoms with Crippen molar-refractivity contribution < 1.29 is 4.79 Å². The van der Waals surface area contributed by atoms with E-state index in [-0.39, 0.29) is 5.91 Å². The number of amides is 1. The molecule has 1 amide bonds. The van der Waals surface area contributed by atoms with Crippen LogP contribution in [0.3, 0.4) is 0 Å². The van der Waals surface area contributed by atoms with Crippen molar-refractivity contribution in [1.29, 1.82) is 0 Å². The van der Waals surface area contributed by atoms with E-state index in [4.69, 9.17) is 0 Å². The quantitative estimate of drug-likeness (QED) is 0.752. The topological polar surface area (TPSA) is 23.6 Å². The third-order valence-electron chi connectivity index (χ3n) is 4.10. The molecule has 0 aromatic rings. The molecule has 1 fully saturated rings. The lowest BCUT2D eigenvalue weighted by molar-refractivity contribution is -0.133. The Labute approximate surface area is 106 Å². The highest BCUT2D eigenvalue weighted by atomic mass is 16.2. The van der Waals surface area contributed by atoms with Crippen molar-refractivity contribution in [2.45, 2.75) is 46.6 Å². The highest BCUT2D eigenvalue weighted by molar-refractivity contribution is 5.78. The van der Waals surface area contributed by atoms with Gasteiger partial charge in [-0.15, -0.1) is 0 Å². The number of likely N-dealkylation sites (tertiary alicyclic amines) is 1. The summed E-state index contributed by atoms with van der Waals surface area (Å²) in [6, 6.07) is 0.302. The predicted octanol–water partition coefficient (Wildman–Crippen LogP) is 2.22. The van der Waals surface area contributed by atoms with Crippen LogP contribution in [0.5, 0.6) is 0 Å². The molecule has 0 aliphatic carbocycles. The normalized spacial score (nSPS) is 19.0. The van der Waals surface area contributed by atoms with E-state index < -0.39 is 0 Å². The number of carbonyl (C=O) groups is 1. The van der Waals surface area contributed by atoms with Crippen LogP contribution in [0.4, 0.5) is 0 Å². The summed E-state index contributed by atoms with van der Waals surface area (Å²) in [5.74, 6) is 1.89. The lowest BCUT2D eigenvalue weighted by atomic mass is 9.87. The van der Waals surface area contributed by atoms with Crippen LogP contribution >= 0.6 is 0 Å². The molecule has 0 radical (unpaired) electrons. The Morgan fingerprint density at radius 2 is 1.76 bits per heavy atom. The number of likely N-dealkylation sites (N-methyl/N-ethyl adjacent to an activating group) is 1. The van der Waals surface area contributed by atoms with Crippen molar-refractivity contribution in [3.63, 3.8) is 0 Å². The first kappa shape index (κ1) is 14.5. The van der Waals surface area contributed by atoms with Crippen molar-refractivity contribution in [3.05, 3.63) is 0 Å². The first-order valence-corrected chi connectivity index (χ1v) is 6.89. The molecule has 3 heteroatoms. The van der Waals surface area contributed by atoms with Crippen LogP contribution in [0.2, 0.25) is 0 Å². The molecule has 3 nitrogen and oxygen atoms in total. The van der Waals surface area contributed by atoms with E-state index >= 15 is 0 Å². The fourth-order valence-electron chi connectivity index (χ4n) is 2.37. The van der Waals surface area contributed by atoms with E-state index in [1.165, 1.54) is 12.8 Å². The molecule has 1 aliphatic heterocycles. The molecule has 1 saturated heterocycles. The highest BCUT2D eigenvalue weighted by Crippen LogP contribution is 2.24. The Balaban J connectivity index is 2.33. The third kappa shape index (κ3) is 4.30. The van der Waals surface area contributed by atoms with Crippen LogP contribution in [0, 0.1) is 11.8 Å². The molecule has 1 heterocycles. The van der Waals surface area contributed by atoms with Gasteiger partial charge in [-0.2, -0.15) is 0 Å². The van der Waals surface area contributed by atoms with Crippen LogP contribution in [-0.2, 0) is 4.79 Å². The summed E-state index contributed by atoms with van der Waals surface area (Å²) in [4.78, 5) is 16.1. The maximum atomic E-state index is 12.0. The van der Waals surface area contributed by atoms with Crippen LogP contribution < -0.4 is 0 Å². The first-order chi connectivity index (χ1) is 7.91. The summed E-state index contributed by atoms with van der Waals surface area (Å²) < 4.78 is 0. The van der Waals surface area contributed by atoms with Crippen molar-refractivity contribution >= 4 is 5.91 Å². The third-order valence-corrected chi connectivity index (χ3v) is 4.10. The van der Waals surface area contributed by atoms with Crippen LogP contribution in [-0.4, -0.2) is 48.4 Å². The zero-order chi connectivity index (χ0) is 13.0. The minimum absolute atomic E-state index is 0.253. The van der Waals surface area contributed by atoms with Gasteiger partial charge in [0.15, 0.2) is 0 Å². The van der Waals surface area contributed by atoms with Crippen molar-refractivity contribution in [3.8, 4) is 0 Å². The van der Waals surface area contributed by atoms with Gasteiger partial charge in [-0.05, 0) is 51.6 Å². The Kier molecular flexibility index (Phi) is 5.44. The largest absolute Gasteiger partial charge is 0.342 e. The fraction of sp³-hybridized carbons (Fsp3) is 0.929. The Bertz CT molecular complexity index is 243. The van der Waals surface area contributed by atoms with Crippen molar-refractivity contribution in [2.24, 2.45) is 11.8 Å². The molecule has 0 saturated carbocycles. The molecular formula is C14H28N2O. The first-order valence-electron chi connectivity index (χ1n) is 6.89. The predicted molar refractivity (Wildman–Crippen MR) is 71.9 cm³/mol. The van der Waals surface area contributed by atoms with Gasteiger partial charge in [-0.25, -0.2) is 0 Å². The average Bonchev–Trinajstić information content (AvgIpc) is 2.28. The lowest BCUT2D eigenvalue weighted by Gasteiger charge is -2.34. The minimum Gasteiger partial charge on any atom is -0.342 e. The Hall–Kier alpha value is -0.570. The van der Waals surface area contributed by atoms with E-state index in [9.17, 15) is 4.79 Å². The number of nitrogens with zero attached hydrogens (tertiary/aromatic N) is 2. The monoisotopic (exact) mass is 240 g/mol. The summed E-state index contributed by atoms with van der Waals surface area (Å²) in [5.41, 5.74) is 0.